The summed E-state index contributed by atoms with van der Waals surface area (Å²) in [7, 11) is 0. The molecule has 21 heavy (non-hydrogen) atoms. The maximum Gasteiger partial charge on any atom is 0.419 e. The lowest BCUT2D eigenvalue weighted by atomic mass is 10.0. The zero-order valence-corrected chi connectivity index (χ0v) is 11.7. The molecular weight excluding hydrogens is 331 g/mol. The SMILES string of the molecule is O=C(c1ccc(C(F)(F)F)c(F)c1)c1ccc(Cl)c(Cl)c1. The smallest absolute Gasteiger partial charge is 0.289 e. The Morgan fingerprint density at radius 1 is 0.905 bits per heavy atom. The van der Waals surface area contributed by atoms with Crippen molar-refractivity contribution < 1.29 is 22.4 Å². The number of carbonyl (C=O) groups is 1. The lowest BCUT2D eigenvalue weighted by molar-refractivity contribution is -0.140. The topological polar surface area (TPSA) is 17.1 Å². The van der Waals surface area contributed by atoms with Crippen molar-refractivity contribution in [1.82, 2.24) is 0 Å². The summed E-state index contributed by atoms with van der Waals surface area (Å²) in [4.78, 5) is 12.1. The molecular formula is C14H6Cl2F4O. The van der Waals surface area contributed by atoms with Crippen LogP contribution in [0.4, 0.5) is 17.6 Å². The van der Waals surface area contributed by atoms with E-state index >= 15 is 0 Å². The number of halogens is 6. The second-order valence-corrected chi connectivity index (χ2v) is 4.96. The molecule has 0 atom stereocenters. The molecule has 2 aromatic rings. The first-order valence-electron chi connectivity index (χ1n) is 5.56. The summed E-state index contributed by atoms with van der Waals surface area (Å²) in [6.07, 6.45) is -4.81. The predicted molar refractivity (Wildman–Crippen MR) is 71.3 cm³/mol. The molecule has 0 aliphatic rings. The molecule has 0 radical (unpaired) electrons. The first-order valence-corrected chi connectivity index (χ1v) is 6.32. The number of hydrogen-bond donors (Lipinski definition) is 0. The Bertz CT molecular complexity index is 711. The molecule has 2 aromatic carbocycles. The van der Waals surface area contributed by atoms with Crippen molar-refractivity contribution in [2.75, 3.05) is 0 Å². The first-order chi connectivity index (χ1) is 9.70. The second-order valence-electron chi connectivity index (χ2n) is 4.15. The number of alkyl halides is 3. The highest BCUT2D eigenvalue weighted by Crippen LogP contribution is 2.32. The summed E-state index contributed by atoms with van der Waals surface area (Å²) >= 11 is 11.5. The van der Waals surface area contributed by atoms with Crippen LogP contribution in [0, 0.1) is 5.82 Å². The summed E-state index contributed by atoms with van der Waals surface area (Å²) in [6.45, 7) is 0. The molecule has 0 aliphatic heterocycles. The maximum atomic E-state index is 13.4. The van der Waals surface area contributed by atoms with Crippen LogP contribution in [0.15, 0.2) is 36.4 Å². The quantitative estimate of drug-likeness (QED) is 0.531. The van der Waals surface area contributed by atoms with E-state index in [1.54, 1.807) is 0 Å². The van der Waals surface area contributed by atoms with Crippen LogP contribution in [-0.2, 0) is 6.18 Å². The van der Waals surface area contributed by atoms with Gasteiger partial charge in [0, 0.05) is 11.1 Å². The van der Waals surface area contributed by atoms with Crippen LogP contribution in [0.3, 0.4) is 0 Å². The summed E-state index contributed by atoms with van der Waals surface area (Å²) in [5.41, 5.74) is -1.53. The third kappa shape index (κ3) is 3.36. The van der Waals surface area contributed by atoms with Crippen molar-refractivity contribution in [3.05, 3.63) is 69.0 Å². The van der Waals surface area contributed by atoms with Gasteiger partial charge in [-0.1, -0.05) is 29.3 Å². The molecule has 0 amide bonds. The molecule has 0 unspecified atom stereocenters. The third-order valence-corrected chi connectivity index (χ3v) is 3.46. The van der Waals surface area contributed by atoms with Gasteiger partial charge < -0.3 is 0 Å². The highest BCUT2D eigenvalue weighted by atomic mass is 35.5. The van der Waals surface area contributed by atoms with E-state index in [1.807, 2.05) is 0 Å². The van der Waals surface area contributed by atoms with E-state index in [9.17, 15) is 22.4 Å². The Morgan fingerprint density at radius 3 is 2.00 bits per heavy atom. The van der Waals surface area contributed by atoms with E-state index in [0.29, 0.717) is 12.1 Å². The zero-order valence-electron chi connectivity index (χ0n) is 10.1. The van der Waals surface area contributed by atoms with Gasteiger partial charge in [0.2, 0.25) is 0 Å². The Balaban J connectivity index is 2.40. The van der Waals surface area contributed by atoms with Gasteiger partial charge in [-0.25, -0.2) is 4.39 Å². The fraction of sp³-hybridized carbons (Fsp3) is 0.0714. The summed E-state index contributed by atoms with van der Waals surface area (Å²) < 4.78 is 50.8. The fourth-order valence-corrected chi connectivity index (χ4v) is 1.99. The van der Waals surface area contributed by atoms with Gasteiger partial charge in [-0.3, -0.25) is 4.79 Å². The average molecular weight is 337 g/mol. The normalized spacial score (nSPS) is 11.5. The van der Waals surface area contributed by atoms with E-state index in [0.717, 1.165) is 6.07 Å². The zero-order chi connectivity index (χ0) is 15.8. The van der Waals surface area contributed by atoms with Crippen LogP contribution in [0.1, 0.15) is 21.5 Å². The van der Waals surface area contributed by atoms with E-state index in [-0.39, 0.29) is 21.2 Å². The molecule has 0 bridgehead atoms. The Hall–Kier alpha value is -1.59. The number of ketones is 1. The van der Waals surface area contributed by atoms with E-state index in [1.165, 1.54) is 18.2 Å². The molecule has 7 heteroatoms. The van der Waals surface area contributed by atoms with Gasteiger partial charge in [-0.15, -0.1) is 0 Å². The predicted octanol–water partition coefficient (Wildman–Crippen LogP) is 5.38. The molecule has 1 nitrogen and oxygen atoms in total. The number of rotatable bonds is 2. The second kappa shape index (κ2) is 5.66. The number of hydrogen-bond acceptors (Lipinski definition) is 1. The van der Waals surface area contributed by atoms with Crippen molar-refractivity contribution in [1.29, 1.82) is 0 Å². The van der Waals surface area contributed by atoms with Crippen molar-refractivity contribution in [2.24, 2.45) is 0 Å². The van der Waals surface area contributed by atoms with Gasteiger partial charge in [0.1, 0.15) is 5.82 Å². The molecule has 0 heterocycles. The number of benzene rings is 2. The molecule has 0 saturated carbocycles. The standard InChI is InChI=1S/C14H6Cl2F4O/c15-10-4-2-7(5-11(10)16)13(21)8-1-3-9(12(17)6-8)14(18,19)20/h1-6H. The van der Waals surface area contributed by atoms with Crippen molar-refractivity contribution in [2.45, 2.75) is 6.18 Å². The summed E-state index contributed by atoms with van der Waals surface area (Å²) in [6, 6.07) is 5.98. The highest BCUT2D eigenvalue weighted by Gasteiger charge is 2.34. The summed E-state index contributed by atoms with van der Waals surface area (Å²) in [5, 5.41) is 0.349. The minimum Gasteiger partial charge on any atom is -0.289 e. The van der Waals surface area contributed by atoms with Gasteiger partial charge in [-0.05, 0) is 30.3 Å². The lowest BCUT2D eigenvalue weighted by Gasteiger charge is -2.09. The molecule has 0 fully saturated rings. The van der Waals surface area contributed by atoms with E-state index < -0.39 is 23.3 Å². The van der Waals surface area contributed by atoms with Crippen LogP contribution in [0.25, 0.3) is 0 Å². The van der Waals surface area contributed by atoms with Gasteiger partial charge in [0.05, 0.1) is 15.6 Å². The Labute approximate surface area is 127 Å². The lowest BCUT2D eigenvalue weighted by Crippen LogP contribution is -2.10. The van der Waals surface area contributed by atoms with Crippen LogP contribution in [0.5, 0.6) is 0 Å². The Kier molecular flexibility index (Phi) is 4.25. The first kappa shape index (κ1) is 15.8. The molecule has 0 N–H and O–H groups in total. The van der Waals surface area contributed by atoms with Gasteiger partial charge in [-0.2, -0.15) is 13.2 Å². The minimum absolute atomic E-state index is 0.101. The third-order valence-electron chi connectivity index (χ3n) is 2.72. The summed E-state index contributed by atoms with van der Waals surface area (Å²) in [5.74, 6) is -2.16. The van der Waals surface area contributed by atoms with Crippen LogP contribution in [0.2, 0.25) is 10.0 Å². The van der Waals surface area contributed by atoms with Crippen molar-refractivity contribution in [3.8, 4) is 0 Å². The highest BCUT2D eigenvalue weighted by molar-refractivity contribution is 6.42. The molecule has 2 rings (SSSR count). The van der Waals surface area contributed by atoms with Crippen LogP contribution < -0.4 is 0 Å². The van der Waals surface area contributed by atoms with Crippen molar-refractivity contribution >= 4 is 29.0 Å². The molecule has 0 saturated heterocycles. The van der Waals surface area contributed by atoms with Gasteiger partial charge in [0.15, 0.2) is 5.78 Å². The molecule has 0 aromatic heterocycles. The largest absolute Gasteiger partial charge is 0.419 e. The number of carbonyl (C=O) groups excluding carboxylic acids is 1. The fourth-order valence-electron chi connectivity index (χ4n) is 1.69. The molecule has 110 valence electrons. The maximum absolute atomic E-state index is 13.4. The monoisotopic (exact) mass is 336 g/mol. The van der Waals surface area contributed by atoms with Crippen molar-refractivity contribution in [3.63, 3.8) is 0 Å². The van der Waals surface area contributed by atoms with E-state index in [2.05, 4.69) is 0 Å². The molecule has 0 spiro atoms. The van der Waals surface area contributed by atoms with Gasteiger partial charge in [0.25, 0.3) is 0 Å². The Morgan fingerprint density at radius 2 is 1.48 bits per heavy atom. The van der Waals surface area contributed by atoms with Crippen LogP contribution >= 0.6 is 23.2 Å². The molecule has 0 aliphatic carbocycles. The van der Waals surface area contributed by atoms with E-state index in [4.69, 9.17) is 23.2 Å². The van der Waals surface area contributed by atoms with Crippen LogP contribution in [-0.4, -0.2) is 5.78 Å². The minimum atomic E-state index is -4.81. The average Bonchev–Trinajstić information content (AvgIpc) is 2.39. The van der Waals surface area contributed by atoms with Gasteiger partial charge >= 0.3 is 6.18 Å².